The minimum Gasteiger partial charge on any atom is -0.249 e. The molecule has 0 saturated heterocycles. The Kier molecular flexibility index (Phi) is 2.89. The molecule has 0 spiro atoms. The Bertz CT molecular complexity index is 634. The lowest BCUT2D eigenvalue weighted by molar-refractivity contribution is 0.442. The number of rotatable bonds is 2. The fraction of sp³-hybridized carbons (Fsp3) is 0.286. The van der Waals surface area contributed by atoms with E-state index >= 15 is 0 Å². The SMILES string of the molecule is C=Cc1nc2n(n1)CCCC2c1ccc(F)c(F)c1. The molecular weight excluding hydrogens is 248 g/mol. The van der Waals surface area contributed by atoms with E-state index in [1.54, 1.807) is 12.1 Å². The maximum absolute atomic E-state index is 13.3. The van der Waals surface area contributed by atoms with Crippen LogP contribution in [0.25, 0.3) is 6.08 Å². The molecule has 2 aromatic rings. The van der Waals surface area contributed by atoms with Gasteiger partial charge in [0.2, 0.25) is 0 Å². The third-order valence-corrected chi connectivity index (χ3v) is 3.42. The highest BCUT2D eigenvalue weighted by Crippen LogP contribution is 2.32. The lowest BCUT2D eigenvalue weighted by Gasteiger charge is -2.22. The highest BCUT2D eigenvalue weighted by molar-refractivity contribution is 5.37. The molecule has 1 aliphatic heterocycles. The fourth-order valence-corrected chi connectivity index (χ4v) is 2.50. The average molecular weight is 261 g/mol. The molecule has 1 atom stereocenters. The van der Waals surface area contributed by atoms with E-state index in [4.69, 9.17) is 0 Å². The minimum atomic E-state index is -0.826. The van der Waals surface area contributed by atoms with Crippen LogP contribution in [0.1, 0.15) is 36.0 Å². The third kappa shape index (κ3) is 2.05. The molecule has 1 unspecified atom stereocenters. The predicted molar refractivity (Wildman–Crippen MR) is 67.5 cm³/mol. The van der Waals surface area contributed by atoms with E-state index in [-0.39, 0.29) is 5.92 Å². The number of nitrogens with zero attached hydrogens (tertiary/aromatic N) is 3. The van der Waals surface area contributed by atoms with Crippen molar-refractivity contribution in [1.82, 2.24) is 14.8 Å². The number of fused-ring (bicyclic) bond motifs is 1. The molecule has 2 heterocycles. The van der Waals surface area contributed by atoms with Crippen LogP contribution in [0.2, 0.25) is 0 Å². The predicted octanol–water partition coefficient (Wildman–Crippen LogP) is 3.13. The van der Waals surface area contributed by atoms with Crippen LogP contribution >= 0.6 is 0 Å². The summed E-state index contributed by atoms with van der Waals surface area (Å²) >= 11 is 0. The normalized spacial score (nSPS) is 18.1. The molecule has 0 aliphatic carbocycles. The molecule has 0 saturated carbocycles. The molecule has 1 aromatic heterocycles. The lowest BCUT2D eigenvalue weighted by atomic mass is 9.91. The van der Waals surface area contributed by atoms with Gasteiger partial charge in [-0.25, -0.2) is 18.4 Å². The van der Waals surface area contributed by atoms with Crippen molar-refractivity contribution in [3.8, 4) is 0 Å². The second kappa shape index (κ2) is 4.57. The highest BCUT2D eigenvalue weighted by atomic mass is 19.2. The van der Waals surface area contributed by atoms with E-state index < -0.39 is 11.6 Å². The lowest BCUT2D eigenvalue weighted by Crippen LogP contribution is -2.18. The summed E-state index contributed by atoms with van der Waals surface area (Å²) in [5.74, 6) is -0.312. The van der Waals surface area contributed by atoms with Gasteiger partial charge in [0.05, 0.1) is 0 Å². The number of halogens is 2. The van der Waals surface area contributed by atoms with Gasteiger partial charge in [-0.1, -0.05) is 12.6 Å². The summed E-state index contributed by atoms with van der Waals surface area (Å²) in [5.41, 5.74) is 0.739. The van der Waals surface area contributed by atoms with Crippen molar-refractivity contribution in [3.63, 3.8) is 0 Å². The molecule has 0 radical (unpaired) electrons. The molecule has 3 nitrogen and oxygen atoms in total. The van der Waals surface area contributed by atoms with E-state index in [2.05, 4.69) is 16.7 Å². The number of hydrogen-bond acceptors (Lipinski definition) is 2. The minimum absolute atomic E-state index is 0.0370. The Morgan fingerprint density at radius 1 is 1.32 bits per heavy atom. The zero-order chi connectivity index (χ0) is 13.4. The van der Waals surface area contributed by atoms with Gasteiger partial charge in [-0.3, -0.25) is 0 Å². The van der Waals surface area contributed by atoms with Gasteiger partial charge in [0.1, 0.15) is 5.82 Å². The monoisotopic (exact) mass is 261 g/mol. The second-order valence-electron chi connectivity index (χ2n) is 4.62. The number of aromatic nitrogens is 3. The van der Waals surface area contributed by atoms with Crippen LogP contribution in [0.4, 0.5) is 8.78 Å². The zero-order valence-corrected chi connectivity index (χ0v) is 10.3. The van der Waals surface area contributed by atoms with Crippen LogP contribution in [0.3, 0.4) is 0 Å². The molecule has 3 rings (SSSR count). The van der Waals surface area contributed by atoms with Crippen LogP contribution in [-0.2, 0) is 6.54 Å². The summed E-state index contributed by atoms with van der Waals surface area (Å²) in [6, 6.07) is 4.02. The smallest absolute Gasteiger partial charge is 0.173 e. The maximum Gasteiger partial charge on any atom is 0.173 e. The van der Waals surface area contributed by atoms with Crippen molar-refractivity contribution in [1.29, 1.82) is 0 Å². The molecule has 1 aliphatic rings. The van der Waals surface area contributed by atoms with Gasteiger partial charge < -0.3 is 0 Å². The molecule has 0 amide bonds. The van der Waals surface area contributed by atoms with Gasteiger partial charge in [0, 0.05) is 12.5 Å². The van der Waals surface area contributed by atoms with E-state index in [9.17, 15) is 8.78 Å². The Morgan fingerprint density at radius 2 is 2.16 bits per heavy atom. The zero-order valence-electron chi connectivity index (χ0n) is 10.3. The molecule has 1 aromatic carbocycles. The second-order valence-corrected chi connectivity index (χ2v) is 4.62. The van der Waals surface area contributed by atoms with Crippen LogP contribution in [-0.4, -0.2) is 14.8 Å². The maximum atomic E-state index is 13.3. The van der Waals surface area contributed by atoms with Crippen molar-refractivity contribution in [2.75, 3.05) is 0 Å². The third-order valence-electron chi connectivity index (χ3n) is 3.42. The largest absolute Gasteiger partial charge is 0.249 e. The Labute approximate surface area is 109 Å². The van der Waals surface area contributed by atoms with Crippen molar-refractivity contribution < 1.29 is 8.78 Å². The Balaban J connectivity index is 2.04. The number of benzene rings is 1. The molecule has 0 bridgehead atoms. The van der Waals surface area contributed by atoms with Crippen LogP contribution in [0, 0.1) is 11.6 Å². The van der Waals surface area contributed by atoms with E-state index in [0.29, 0.717) is 5.82 Å². The first-order valence-electron chi connectivity index (χ1n) is 6.21. The first-order chi connectivity index (χ1) is 9.19. The quantitative estimate of drug-likeness (QED) is 0.831. The van der Waals surface area contributed by atoms with Gasteiger partial charge in [-0.2, -0.15) is 5.10 Å². The molecule has 98 valence electrons. The van der Waals surface area contributed by atoms with E-state index in [1.807, 2.05) is 4.68 Å². The van der Waals surface area contributed by atoms with Gasteiger partial charge >= 0.3 is 0 Å². The molecule has 19 heavy (non-hydrogen) atoms. The first kappa shape index (κ1) is 12.0. The van der Waals surface area contributed by atoms with Crippen molar-refractivity contribution >= 4 is 6.08 Å². The number of aryl methyl sites for hydroxylation is 1. The summed E-state index contributed by atoms with van der Waals surface area (Å²) < 4.78 is 28.2. The van der Waals surface area contributed by atoms with Crippen molar-refractivity contribution in [2.45, 2.75) is 25.3 Å². The Morgan fingerprint density at radius 3 is 2.89 bits per heavy atom. The van der Waals surface area contributed by atoms with E-state index in [0.717, 1.165) is 36.8 Å². The standard InChI is InChI=1S/C14H13F2N3/c1-2-13-17-14-10(4-3-7-19(14)18-13)9-5-6-11(15)12(16)8-9/h2,5-6,8,10H,1,3-4,7H2. The summed E-state index contributed by atoms with van der Waals surface area (Å²) in [6.07, 6.45) is 3.39. The summed E-state index contributed by atoms with van der Waals surface area (Å²) in [5, 5.41) is 4.30. The molecule has 5 heteroatoms. The summed E-state index contributed by atoms with van der Waals surface area (Å²) in [4.78, 5) is 4.40. The Hall–Kier alpha value is -2.04. The van der Waals surface area contributed by atoms with Crippen LogP contribution < -0.4 is 0 Å². The topological polar surface area (TPSA) is 30.7 Å². The van der Waals surface area contributed by atoms with Crippen molar-refractivity contribution in [3.05, 3.63) is 53.6 Å². The number of hydrogen-bond donors (Lipinski definition) is 0. The first-order valence-corrected chi connectivity index (χ1v) is 6.21. The highest BCUT2D eigenvalue weighted by Gasteiger charge is 2.25. The van der Waals surface area contributed by atoms with E-state index in [1.165, 1.54) is 6.07 Å². The average Bonchev–Trinajstić information content (AvgIpc) is 2.85. The fourth-order valence-electron chi connectivity index (χ4n) is 2.50. The van der Waals surface area contributed by atoms with Gasteiger partial charge in [0.25, 0.3) is 0 Å². The molecule has 0 fully saturated rings. The molecule has 0 N–H and O–H groups in total. The van der Waals surface area contributed by atoms with Gasteiger partial charge in [-0.15, -0.1) is 0 Å². The molecular formula is C14H13F2N3. The summed E-state index contributed by atoms with van der Waals surface area (Å²) in [7, 11) is 0. The van der Waals surface area contributed by atoms with Crippen LogP contribution in [0.15, 0.2) is 24.8 Å². The van der Waals surface area contributed by atoms with Crippen molar-refractivity contribution in [2.24, 2.45) is 0 Å². The van der Waals surface area contributed by atoms with Crippen LogP contribution in [0.5, 0.6) is 0 Å². The van der Waals surface area contributed by atoms with Gasteiger partial charge in [0.15, 0.2) is 17.5 Å². The van der Waals surface area contributed by atoms with Gasteiger partial charge in [-0.05, 0) is 36.6 Å². The summed E-state index contributed by atoms with van der Waals surface area (Å²) in [6.45, 7) is 4.45.